The molecule has 18 heavy (non-hydrogen) atoms. The predicted octanol–water partition coefficient (Wildman–Crippen LogP) is 3.29. The Balaban J connectivity index is 2.83. The van der Waals surface area contributed by atoms with Crippen LogP contribution in [0.3, 0.4) is 0 Å². The first-order valence-electron chi connectivity index (χ1n) is 5.06. The van der Waals surface area contributed by atoms with Crippen molar-refractivity contribution in [1.29, 1.82) is 0 Å². The lowest BCUT2D eigenvalue weighted by atomic mass is 9.91. The first-order chi connectivity index (χ1) is 7.91. The van der Waals surface area contributed by atoms with Crippen molar-refractivity contribution < 1.29 is 17.4 Å². The number of rotatable bonds is 3. The van der Waals surface area contributed by atoms with Crippen molar-refractivity contribution in [3.8, 4) is 0 Å². The second-order valence-electron chi connectivity index (χ2n) is 5.10. The SMILES string of the molecule is C=S(=O)(Nc1nc(CC(C)(C)C)cs1)C(F)(F)F. The van der Waals surface area contributed by atoms with Gasteiger partial charge in [0.05, 0.1) is 5.69 Å². The molecule has 0 amide bonds. The van der Waals surface area contributed by atoms with Crippen molar-refractivity contribution in [2.24, 2.45) is 5.41 Å². The monoisotopic (exact) mass is 300 g/mol. The average Bonchev–Trinajstić information content (AvgIpc) is 2.45. The molecule has 1 aromatic heterocycles. The quantitative estimate of drug-likeness (QED) is 0.870. The molecule has 0 aliphatic carbocycles. The van der Waals surface area contributed by atoms with E-state index in [1.165, 1.54) is 0 Å². The third kappa shape index (κ3) is 4.16. The largest absolute Gasteiger partial charge is 0.481 e. The van der Waals surface area contributed by atoms with Crippen molar-refractivity contribution >= 4 is 32.0 Å². The van der Waals surface area contributed by atoms with Gasteiger partial charge >= 0.3 is 5.51 Å². The summed E-state index contributed by atoms with van der Waals surface area (Å²) in [4.78, 5) is 3.98. The molecule has 0 aliphatic rings. The molecule has 0 radical (unpaired) electrons. The molecule has 0 saturated heterocycles. The second-order valence-corrected chi connectivity index (χ2v) is 7.98. The lowest BCUT2D eigenvalue weighted by Gasteiger charge is -2.16. The van der Waals surface area contributed by atoms with Crippen LogP contribution in [0, 0.1) is 5.41 Å². The van der Waals surface area contributed by atoms with Gasteiger partial charge in [0.15, 0.2) is 5.13 Å². The van der Waals surface area contributed by atoms with Crippen LogP contribution in [0.4, 0.5) is 18.3 Å². The van der Waals surface area contributed by atoms with Crippen LogP contribution in [-0.2, 0) is 16.1 Å². The van der Waals surface area contributed by atoms with E-state index >= 15 is 0 Å². The van der Waals surface area contributed by atoms with Gasteiger partial charge in [0.25, 0.3) is 0 Å². The molecule has 0 aliphatic heterocycles. The Kier molecular flexibility index (Phi) is 4.02. The molecule has 1 heterocycles. The van der Waals surface area contributed by atoms with Crippen LogP contribution in [-0.4, -0.2) is 20.6 Å². The molecule has 0 saturated carbocycles. The molecular formula is C10H15F3N2OS2. The van der Waals surface area contributed by atoms with Gasteiger partial charge in [-0.1, -0.05) is 20.8 Å². The van der Waals surface area contributed by atoms with Crippen molar-refractivity contribution in [2.45, 2.75) is 32.7 Å². The van der Waals surface area contributed by atoms with Gasteiger partial charge in [0, 0.05) is 5.38 Å². The summed E-state index contributed by atoms with van der Waals surface area (Å²) in [7, 11) is -4.38. The van der Waals surface area contributed by atoms with Gasteiger partial charge in [0.1, 0.15) is 9.71 Å². The lowest BCUT2D eigenvalue weighted by Crippen LogP contribution is -2.29. The summed E-state index contributed by atoms with van der Waals surface area (Å²) in [5.74, 6) is 2.68. The topological polar surface area (TPSA) is 42.0 Å². The van der Waals surface area contributed by atoms with Gasteiger partial charge in [-0.15, -0.1) is 11.3 Å². The zero-order chi connectivity index (χ0) is 14.2. The van der Waals surface area contributed by atoms with Crippen molar-refractivity contribution in [2.75, 3.05) is 4.72 Å². The Morgan fingerprint density at radius 3 is 2.44 bits per heavy atom. The van der Waals surface area contributed by atoms with E-state index in [1.807, 2.05) is 25.5 Å². The van der Waals surface area contributed by atoms with Crippen LogP contribution in [0.1, 0.15) is 26.5 Å². The molecule has 1 N–H and O–H groups in total. The molecule has 0 fully saturated rings. The number of hydrogen-bond acceptors (Lipinski definition) is 3. The van der Waals surface area contributed by atoms with E-state index in [0.29, 0.717) is 12.1 Å². The molecule has 1 atom stereocenters. The molecule has 0 spiro atoms. The molecule has 1 rings (SSSR count). The van der Waals surface area contributed by atoms with E-state index in [2.05, 4.69) is 10.9 Å². The second kappa shape index (κ2) is 4.73. The van der Waals surface area contributed by atoms with Crippen LogP contribution in [0.25, 0.3) is 0 Å². The van der Waals surface area contributed by atoms with Crippen LogP contribution < -0.4 is 4.72 Å². The third-order valence-electron chi connectivity index (χ3n) is 1.89. The van der Waals surface area contributed by atoms with E-state index in [4.69, 9.17) is 0 Å². The van der Waals surface area contributed by atoms with E-state index in [9.17, 15) is 17.4 Å². The lowest BCUT2D eigenvalue weighted by molar-refractivity contribution is -0.0386. The highest BCUT2D eigenvalue weighted by Crippen LogP contribution is 2.28. The van der Waals surface area contributed by atoms with Gasteiger partial charge in [-0.3, -0.25) is 4.72 Å². The van der Waals surface area contributed by atoms with Crippen molar-refractivity contribution in [3.63, 3.8) is 0 Å². The summed E-state index contributed by atoms with van der Waals surface area (Å²) in [5, 5.41) is 1.63. The number of alkyl halides is 3. The van der Waals surface area contributed by atoms with E-state index in [-0.39, 0.29) is 10.5 Å². The fourth-order valence-electron chi connectivity index (χ4n) is 1.18. The average molecular weight is 300 g/mol. The number of halogens is 3. The maximum Gasteiger partial charge on any atom is 0.481 e. The van der Waals surface area contributed by atoms with E-state index in [0.717, 1.165) is 11.3 Å². The highest BCUT2D eigenvalue weighted by molar-refractivity contribution is 8.02. The van der Waals surface area contributed by atoms with Crippen LogP contribution in [0.15, 0.2) is 5.38 Å². The molecule has 0 bridgehead atoms. The van der Waals surface area contributed by atoms with Gasteiger partial charge in [0.2, 0.25) is 0 Å². The maximum absolute atomic E-state index is 12.4. The highest BCUT2D eigenvalue weighted by Gasteiger charge is 2.40. The zero-order valence-corrected chi connectivity index (χ0v) is 11.9. The van der Waals surface area contributed by atoms with E-state index < -0.39 is 15.2 Å². The standard InChI is InChI=1S/C10H15F3N2OS2/c1-9(2,3)5-7-6-17-8(14-7)15-18(4,16)10(11,12)13/h6H,4-5H2,1-3H3,(H,14,15,16). The number of thiazole rings is 1. The van der Waals surface area contributed by atoms with Gasteiger partial charge in [-0.05, 0) is 17.7 Å². The van der Waals surface area contributed by atoms with Gasteiger partial charge in [-0.25, -0.2) is 9.19 Å². The third-order valence-corrected chi connectivity index (χ3v) is 4.10. The van der Waals surface area contributed by atoms with Crippen LogP contribution in [0.2, 0.25) is 0 Å². The zero-order valence-electron chi connectivity index (χ0n) is 10.3. The summed E-state index contributed by atoms with van der Waals surface area (Å²) in [6.45, 7) is 6.00. The number of nitrogens with one attached hydrogen (secondary N) is 1. The summed E-state index contributed by atoms with van der Waals surface area (Å²) in [6.07, 6.45) is 0.634. The van der Waals surface area contributed by atoms with Crippen LogP contribution in [0.5, 0.6) is 0 Å². The number of hydrogen-bond donors (Lipinski definition) is 1. The minimum absolute atomic E-state index is 0.0127. The first kappa shape index (κ1) is 15.3. The van der Waals surface area contributed by atoms with Crippen molar-refractivity contribution in [1.82, 2.24) is 4.98 Å². The maximum atomic E-state index is 12.4. The molecule has 3 nitrogen and oxygen atoms in total. The minimum Gasteiger partial charge on any atom is -0.281 e. The molecule has 1 unspecified atom stereocenters. The minimum atomic E-state index is -4.89. The predicted molar refractivity (Wildman–Crippen MR) is 70.2 cm³/mol. The summed E-state index contributed by atoms with van der Waals surface area (Å²) in [5.41, 5.74) is -4.23. The Morgan fingerprint density at radius 1 is 1.44 bits per heavy atom. The van der Waals surface area contributed by atoms with Crippen LogP contribution >= 0.6 is 11.3 Å². The molecule has 1 aromatic rings. The van der Waals surface area contributed by atoms with Crippen molar-refractivity contribution in [3.05, 3.63) is 11.1 Å². The van der Waals surface area contributed by atoms with Gasteiger partial charge < -0.3 is 0 Å². The molecule has 8 heteroatoms. The molecule has 104 valence electrons. The fraction of sp³-hybridized carbons (Fsp3) is 0.600. The Hall–Kier alpha value is -0.760. The fourth-order valence-corrected chi connectivity index (χ4v) is 2.77. The number of aromatic nitrogens is 1. The summed E-state index contributed by atoms with van der Waals surface area (Å²) >= 11 is 0.992. The molecular weight excluding hydrogens is 285 g/mol. The normalized spacial score (nSPS) is 16.3. The molecule has 0 aromatic carbocycles. The number of anilines is 1. The number of nitrogens with zero attached hydrogens (tertiary/aromatic N) is 1. The van der Waals surface area contributed by atoms with Gasteiger partial charge in [-0.2, -0.15) is 13.2 Å². The Bertz CT molecular complexity index is 512. The van der Waals surface area contributed by atoms with E-state index in [1.54, 1.807) is 5.38 Å². The first-order valence-corrected chi connectivity index (χ1v) is 7.67. The summed E-state index contributed by atoms with van der Waals surface area (Å²) in [6, 6.07) is 0. The Morgan fingerprint density at radius 2 is 2.00 bits per heavy atom. The highest BCUT2D eigenvalue weighted by atomic mass is 32.2. The summed E-state index contributed by atoms with van der Waals surface area (Å²) < 4.78 is 50.3. The smallest absolute Gasteiger partial charge is 0.281 e. The Labute approximate surface area is 109 Å².